The number of piperidine rings is 1. The highest BCUT2D eigenvalue weighted by molar-refractivity contribution is 8.00. The van der Waals surface area contributed by atoms with Gasteiger partial charge >= 0.3 is 0 Å². The number of benzene rings is 1. The fraction of sp³-hybridized carbons (Fsp3) is 0.391. The van der Waals surface area contributed by atoms with Gasteiger partial charge in [0.15, 0.2) is 10.3 Å². The summed E-state index contributed by atoms with van der Waals surface area (Å²) in [5.74, 6) is 2.28. The van der Waals surface area contributed by atoms with Crippen LogP contribution in [0.25, 0.3) is 10.2 Å². The largest absolute Gasteiger partial charge is 0.467 e. The molecule has 3 aromatic heterocycles. The number of fused-ring (bicyclic) bond motifs is 1. The second kappa shape index (κ2) is 9.56. The van der Waals surface area contributed by atoms with E-state index >= 15 is 0 Å². The zero-order chi connectivity index (χ0) is 22.8. The SMILES string of the molecule is CC1CCN(c2nnc(SC(C)C(=O)Nc3nc4ccccc4s3)n2Cc2ccco2)CC1. The number of rotatable bonds is 7. The summed E-state index contributed by atoms with van der Waals surface area (Å²) in [6.07, 6.45) is 3.94. The number of carbonyl (C=O) groups is 1. The Balaban J connectivity index is 1.33. The van der Waals surface area contributed by atoms with E-state index in [0.717, 1.165) is 53.8 Å². The van der Waals surface area contributed by atoms with Crippen molar-refractivity contribution in [3.63, 3.8) is 0 Å². The Morgan fingerprint density at radius 1 is 1.24 bits per heavy atom. The number of para-hydroxylation sites is 1. The number of carbonyl (C=O) groups excluding carboxylic acids is 1. The maximum Gasteiger partial charge on any atom is 0.239 e. The Morgan fingerprint density at radius 2 is 2.06 bits per heavy atom. The van der Waals surface area contributed by atoms with Gasteiger partial charge in [0.2, 0.25) is 11.9 Å². The lowest BCUT2D eigenvalue weighted by atomic mass is 10.00. The highest BCUT2D eigenvalue weighted by Crippen LogP contribution is 2.30. The summed E-state index contributed by atoms with van der Waals surface area (Å²) in [5.41, 5.74) is 0.886. The number of nitrogens with one attached hydrogen (secondary N) is 1. The van der Waals surface area contributed by atoms with E-state index in [4.69, 9.17) is 4.42 Å². The third kappa shape index (κ3) is 4.91. The molecule has 1 aliphatic rings. The van der Waals surface area contributed by atoms with Crippen LogP contribution in [0, 0.1) is 5.92 Å². The normalized spacial score (nSPS) is 15.8. The van der Waals surface area contributed by atoms with Gasteiger partial charge < -0.3 is 14.6 Å². The van der Waals surface area contributed by atoms with Crippen molar-refractivity contribution in [1.29, 1.82) is 0 Å². The number of thiazole rings is 1. The molecule has 0 bridgehead atoms. The Hall–Kier alpha value is -2.85. The molecule has 1 fully saturated rings. The molecule has 4 aromatic rings. The van der Waals surface area contributed by atoms with Gasteiger partial charge in [-0.25, -0.2) is 4.98 Å². The Morgan fingerprint density at radius 3 is 2.82 bits per heavy atom. The van der Waals surface area contributed by atoms with E-state index in [0.29, 0.717) is 16.8 Å². The molecule has 0 radical (unpaired) electrons. The molecule has 5 rings (SSSR count). The summed E-state index contributed by atoms with van der Waals surface area (Å²) in [6, 6.07) is 11.7. The molecule has 4 heterocycles. The number of thioether (sulfide) groups is 1. The van der Waals surface area contributed by atoms with E-state index in [2.05, 4.69) is 36.9 Å². The molecule has 1 aromatic carbocycles. The third-order valence-electron chi connectivity index (χ3n) is 5.83. The third-order valence-corrected chi connectivity index (χ3v) is 7.87. The first-order chi connectivity index (χ1) is 16.1. The van der Waals surface area contributed by atoms with Crippen molar-refractivity contribution in [2.45, 2.75) is 43.6 Å². The molecule has 1 amide bonds. The minimum atomic E-state index is -0.370. The van der Waals surface area contributed by atoms with Crippen LogP contribution in [0.2, 0.25) is 0 Å². The maximum atomic E-state index is 12.9. The Labute approximate surface area is 200 Å². The summed E-state index contributed by atoms with van der Waals surface area (Å²) in [4.78, 5) is 19.7. The van der Waals surface area contributed by atoms with E-state index in [1.54, 1.807) is 6.26 Å². The number of amides is 1. The van der Waals surface area contributed by atoms with Gasteiger partial charge in [-0.3, -0.25) is 9.36 Å². The number of anilines is 2. The number of hydrogen-bond acceptors (Lipinski definition) is 8. The van der Waals surface area contributed by atoms with E-state index in [1.807, 2.05) is 43.3 Å². The Bertz CT molecular complexity index is 1190. The van der Waals surface area contributed by atoms with E-state index < -0.39 is 0 Å². The Kier molecular flexibility index (Phi) is 6.37. The van der Waals surface area contributed by atoms with Gasteiger partial charge in [-0.05, 0) is 49.9 Å². The van der Waals surface area contributed by atoms with Crippen molar-refractivity contribution in [3.05, 3.63) is 48.4 Å². The smallest absolute Gasteiger partial charge is 0.239 e. The monoisotopic (exact) mass is 482 g/mol. The molecular formula is C23H26N6O2S2. The number of hydrogen-bond donors (Lipinski definition) is 1. The van der Waals surface area contributed by atoms with Crippen LogP contribution in [0.5, 0.6) is 0 Å². The van der Waals surface area contributed by atoms with Gasteiger partial charge in [-0.15, -0.1) is 10.2 Å². The lowest BCUT2D eigenvalue weighted by Gasteiger charge is -2.31. The fourth-order valence-corrected chi connectivity index (χ4v) is 5.56. The molecule has 10 heteroatoms. The van der Waals surface area contributed by atoms with Crippen LogP contribution in [-0.2, 0) is 11.3 Å². The molecule has 33 heavy (non-hydrogen) atoms. The molecule has 1 N–H and O–H groups in total. The number of aromatic nitrogens is 4. The van der Waals surface area contributed by atoms with Crippen LogP contribution in [0.15, 0.2) is 52.2 Å². The molecule has 172 valence electrons. The zero-order valence-electron chi connectivity index (χ0n) is 18.6. The summed E-state index contributed by atoms with van der Waals surface area (Å²) in [7, 11) is 0. The van der Waals surface area contributed by atoms with E-state index in [-0.39, 0.29) is 11.2 Å². The van der Waals surface area contributed by atoms with Gasteiger partial charge in [0.25, 0.3) is 0 Å². The molecular weight excluding hydrogens is 456 g/mol. The predicted octanol–water partition coefficient (Wildman–Crippen LogP) is 4.88. The predicted molar refractivity (Wildman–Crippen MR) is 132 cm³/mol. The van der Waals surface area contributed by atoms with E-state index in [1.165, 1.54) is 23.1 Å². The van der Waals surface area contributed by atoms with Crippen molar-refractivity contribution >= 4 is 50.3 Å². The summed E-state index contributed by atoms with van der Waals surface area (Å²) in [5, 5.41) is 12.8. The molecule has 1 saturated heterocycles. The first-order valence-corrected chi connectivity index (χ1v) is 12.8. The number of nitrogens with zero attached hydrogens (tertiary/aromatic N) is 5. The van der Waals surface area contributed by atoms with Gasteiger partial charge in [-0.1, -0.05) is 42.2 Å². The molecule has 0 saturated carbocycles. The molecule has 1 atom stereocenters. The van der Waals surface area contributed by atoms with Crippen molar-refractivity contribution in [1.82, 2.24) is 19.7 Å². The van der Waals surface area contributed by atoms with Crippen LogP contribution < -0.4 is 10.2 Å². The molecule has 0 aliphatic carbocycles. The van der Waals surface area contributed by atoms with Crippen LogP contribution in [0.1, 0.15) is 32.4 Å². The average Bonchev–Trinajstić information content (AvgIpc) is 3.55. The van der Waals surface area contributed by atoms with Crippen molar-refractivity contribution in [2.75, 3.05) is 23.3 Å². The van der Waals surface area contributed by atoms with Gasteiger partial charge in [0.05, 0.1) is 28.3 Å². The second-order valence-electron chi connectivity index (χ2n) is 8.35. The van der Waals surface area contributed by atoms with Crippen LogP contribution in [0.3, 0.4) is 0 Å². The van der Waals surface area contributed by atoms with Crippen molar-refractivity contribution in [3.8, 4) is 0 Å². The van der Waals surface area contributed by atoms with Crippen LogP contribution in [-0.4, -0.2) is 44.0 Å². The van der Waals surface area contributed by atoms with Gasteiger partial charge in [0, 0.05) is 13.1 Å². The summed E-state index contributed by atoms with van der Waals surface area (Å²) < 4.78 is 8.70. The molecule has 0 spiro atoms. The van der Waals surface area contributed by atoms with Gasteiger partial charge in [0.1, 0.15) is 5.76 Å². The topological polar surface area (TPSA) is 89.1 Å². The van der Waals surface area contributed by atoms with Gasteiger partial charge in [-0.2, -0.15) is 0 Å². The van der Waals surface area contributed by atoms with Crippen LogP contribution in [0.4, 0.5) is 11.1 Å². The minimum absolute atomic E-state index is 0.111. The van der Waals surface area contributed by atoms with E-state index in [9.17, 15) is 4.79 Å². The van der Waals surface area contributed by atoms with Crippen LogP contribution >= 0.6 is 23.1 Å². The lowest BCUT2D eigenvalue weighted by Crippen LogP contribution is -2.35. The number of furan rings is 1. The highest BCUT2D eigenvalue weighted by Gasteiger charge is 2.26. The second-order valence-corrected chi connectivity index (χ2v) is 10.7. The zero-order valence-corrected chi connectivity index (χ0v) is 20.2. The van der Waals surface area contributed by atoms with Crippen molar-refractivity contribution < 1.29 is 9.21 Å². The summed E-state index contributed by atoms with van der Waals surface area (Å²) >= 11 is 2.87. The minimum Gasteiger partial charge on any atom is -0.467 e. The molecule has 1 unspecified atom stereocenters. The fourth-order valence-electron chi connectivity index (χ4n) is 3.85. The highest BCUT2D eigenvalue weighted by atomic mass is 32.2. The first-order valence-electron chi connectivity index (χ1n) is 11.1. The molecule has 1 aliphatic heterocycles. The average molecular weight is 483 g/mol. The maximum absolute atomic E-state index is 12.9. The summed E-state index contributed by atoms with van der Waals surface area (Å²) in [6.45, 7) is 6.60. The standard InChI is InChI=1S/C23H26N6O2S2/c1-15-9-11-28(12-10-15)22-26-27-23(29(22)14-17-6-5-13-31-17)32-16(2)20(30)25-21-24-18-7-3-4-8-19(18)33-21/h3-8,13,15-16H,9-12,14H2,1-2H3,(H,24,25,30). The molecule has 8 nitrogen and oxygen atoms in total. The first kappa shape index (κ1) is 22.0. The lowest BCUT2D eigenvalue weighted by molar-refractivity contribution is -0.115. The quantitative estimate of drug-likeness (QED) is 0.375. The van der Waals surface area contributed by atoms with Crippen molar-refractivity contribution in [2.24, 2.45) is 5.92 Å².